The van der Waals surface area contributed by atoms with Crippen LogP contribution in [0.15, 0.2) is 73.1 Å². The second-order valence-corrected chi connectivity index (χ2v) is 9.80. The summed E-state index contributed by atoms with van der Waals surface area (Å²) in [5.74, 6) is 3.42. The molecule has 4 aromatic heterocycles. The molecule has 11 nitrogen and oxygen atoms in total. The first kappa shape index (κ1) is 28.1. The first-order valence-electron chi connectivity index (χ1n) is 14.1. The fraction of sp³-hybridized carbons (Fsp3) is 0.250. The van der Waals surface area contributed by atoms with Crippen LogP contribution in [-0.4, -0.2) is 68.0 Å². The van der Waals surface area contributed by atoms with Crippen molar-refractivity contribution in [3.05, 3.63) is 78.6 Å². The van der Waals surface area contributed by atoms with Crippen molar-refractivity contribution in [2.24, 2.45) is 0 Å². The molecule has 1 unspecified atom stereocenters. The fourth-order valence-corrected chi connectivity index (χ4v) is 4.52. The number of aromatic nitrogens is 6. The first-order valence-corrected chi connectivity index (χ1v) is 14.1. The van der Waals surface area contributed by atoms with E-state index in [1.165, 1.54) is 0 Å². The highest BCUT2D eigenvalue weighted by Crippen LogP contribution is 2.25. The monoisotopic (exact) mass is 580 g/mol. The molecule has 2 aromatic carbocycles. The molecule has 0 saturated heterocycles. The van der Waals surface area contributed by atoms with E-state index in [9.17, 15) is 5.11 Å². The molecule has 6 aromatic rings. The molecule has 0 aliphatic rings. The number of pyridine rings is 2. The van der Waals surface area contributed by atoms with Gasteiger partial charge in [-0.05, 0) is 67.9 Å². The van der Waals surface area contributed by atoms with Gasteiger partial charge in [-0.2, -0.15) is 0 Å². The van der Waals surface area contributed by atoms with Gasteiger partial charge in [-0.3, -0.25) is 0 Å². The second-order valence-electron chi connectivity index (χ2n) is 9.80. The maximum absolute atomic E-state index is 9.80. The number of aliphatic hydroxyl groups is 1. The topological polar surface area (TPSA) is 140 Å². The van der Waals surface area contributed by atoms with E-state index >= 15 is 0 Å². The summed E-state index contributed by atoms with van der Waals surface area (Å²) in [7, 11) is 0. The van der Waals surface area contributed by atoms with Crippen molar-refractivity contribution in [3.63, 3.8) is 0 Å². The normalized spacial score (nSPS) is 12.1. The van der Waals surface area contributed by atoms with Gasteiger partial charge in [0.05, 0.1) is 60.4 Å². The van der Waals surface area contributed by atoms with Gasteiger partial charge in [0.1, 0.15) is 41.9 Å². The van der Waals surface area contributed by atoms with Crippen molar-refractivity contribution in [1.29, 1.82) is 0 Å². The summed E-state index contributed by atoms with van der Waals surface area (Å²) in [6, 6.07) is 18.9. The molecule has 43 heavy (non-hydrogen) atoms. The van der Waals surface area contributed by atoms with Crippen molar-refractivity contribution < 1.29 is 24.1 Å². The van der Waals surface area contributed by atoms with E-state index < -0.39 is 6.10 Å². The maximum atomic E-state index is 9.80. The van der Waals surface area contributed by atoms with E-state index in [0.29, 0.717) is 61.9 Å². The lowest BCUT2D eigenvalue weighted by molar-refractivity contribution is 0.0762. The third-order valence-corrected chi connectivity index (χ3v) is 6.71. The van der Waals surface area contributed by atoms with E-state index in [-0.39, 0.29) is 0 Å². The van der Waals surface area contributed by atoms with Crippen molar-refractivity contribution in [2.45, 2.75) is 20.0 Å². The van der Waals surface area contributed by atoms with Crippen LogP contribution in [0.2, 0.25) is 0 Å². The molecule has 0 saturated carbocycles. The molecule has 1 atom stereocenters. The molecule has 3 N–H and O–H groups in total. The fourth-order valence-electron chi connectivity index (χ4n) is 4.52. The number of fused-ring (bicyclic) bond motifs is 2. The van der Waals surface area contributed by atoms with Gasteiger partial charge in [-0.25, -0.2) is 19.9 Å². The van der Waals surface area contributed by atoms with Crippen LogP contribution in [0.1, 0.15) is 25.5 Å². The van der Waals surface area contributed by atoms with Gasteiger partial charge in [0.25, 0.3) is 0 Å². The van der Waals surface area contributed by atoms with Crippen molar-refractivity contribution in [2.75, 3.05) is 33.0 Å². The summed E-state index contributed by atoms with van der Waals surface area (Å²) in [5.41, 5.74) is 5.66. The second kappa shape index (κ2) is 12.9. The van der Waals surface area contributed by atoms with Crippen LogP contribution in [-0.2, 0) is 4.74 Å². The van der Waals surface area contributed by atoms with Crippen LogP contribution < -0.4 is 14.2 Å². The average molecular weight is 581 g/mol. The smallest absolute Gasteiger partial charge is 0.157 e. The first-order chi connectivity index (χ1) is 21.1. The summed E-state index contributed by atoms with van der Waals surface area (Å²) in [5, 5.41) is 9.80. The number of rotatable bonds is 13. The third kappa shape index (κ3) is 6.74. The van der Waals surface area contributed by atoms with E-state index in [1.54, 1.807) is 19.3 Å². The van der Waals surface area contributed by atoms with E-state index in [4.69, 9.17) is 18.9 Å². The predicted octanol–water partition coefficient (Wildman–Crippen LogP) is 5.49. The molecule has 6 rings (SSSR count). The molecule has 0 aliphatic carbocycles. The van der Waals surface area contributed by atoms with Crippen LogP contribution in [0.25, 0.3) is 45.1 Å². The lowest BCUT2D eigenvalue weighted by Gasteiger charge is -2.09. The Balaban J connectivity index is 0.913. The highest BCUT2D eigenvalue weighted by atomic mass is 16.5. The zero-order valence-electron chi connectivity index (χ0n) is 23.9. The van der Waals surface area contributed by atoms with Crippen LogP contribution in [0.3, 0.4) is 0 Å². The molecule has 0 amide bonds. The number of benzene rings is 2. The Morgan fingerprint density at radius 1 is 0.674 bits per heavy atom. The van der Waals surface area contributed by atoms with Crippen molar-refractivity contribution >= 4 is 22.1 Å². The Bertz CT molecular complexity index is 1800. The Morgan fingerprint density at radius 3 is 1.77 bits per heavy atom. The van der Waals surface area contributed by atoms with Gasteiger partial charge in [0.15, 0.2) is 11.6 Å². The van der Waals surface area contributed by atoms with Crippen LogP contribution >= 0.6 is 0 Å². The number of hydrogen-bond donors (Lipinski definition) is 3. The highest BCUT2D eigenvalue weighted by Gasteiger charge is 2.10. The van der Waals surface area contributed by atoms with E-state index in [0.717, 1.165) is 39.1 Å². The highest BCUT2D eigenvalue weighted by molar-refractivity contribution is 5.80. The Kier molecular flexibility index (Phi) is 8.43. The molecule has 0 aliphatic heterocycles. The summed E-state index contributed by atoms with van der Waals surface area (Å²) in [6.45, 7) is 5.89. The minimum Gasteiger partial charge on any atom is -0.494 e. The van der Waals surface area contributed by atoms with Gasteiger partial charge in [-0.15, -0.1) is 0 Å². The number of nitrogens with one attached hydrogen (secondary N) is 2. The minimum atomic E-state index is -0.545. The van der Waals surface area contributed by atoms with Gasteiger partial charge in [0.2, 0.25) is 0 Å². The number of nitrogens with zero attached hydrogens (tertiary/aromatic N) is 4. The molecule has 0 spiro atoms. The van der Waals surface area contributed by atoms with Crippen molar-refractivity contribution in [3.8, 4) is 40.3 Å². The minimum absolute atomic E-state index is 0.383. The molecule has 220 valence electrons. The van der Waals surface area contributed by atoms with Gasteiger partial charge in [0, 0.05) is 6.07 Å². The summed E-state index contributed by atoms with van der Waals surface area (Å²) in [6.07, 6.45) is 2.79. The summed E-state index contributed by atoms with van der Waals surface area (Å²) in [4.78, 5) is 24.7. The van der Waals surface area contributed by atoms with Crippen LogP contribution in [0.4, 0.5) is 0 Å². The van der Waals surface area contributed by atoms with Crippen LogP contribution in [0.5, 0.6) is 17.2 Å². The molecule has 11 heteroatoms. The number of hydrogen-bond acceptors (Lipinski definition) is 9. The summed E-state index contributed by atoms with van der Waals surface area (Å²) < 4.78 is 22.7. The molecule has 0 fully saturated rings. The quantitative estimate of drug-likeness (QED) is 0.151. The maximum Gasteiger partial charge on any atom is 0.157 e. The molecular weight excluding hydrogens is 548 g/mol. The van der Waals surface area contributed by atoms with Gasteiger partial charge in [-0.1, -0.05) is 6.07 Å². The van der Waals surface area contributed by atoms with E-state index in [1.807, 2.05) is 67.6 Å². The molecule has 4 heterocycles. The number of aromatic amines is 2. The zero-order valence-corrected chi connectivity index (χ0v) is 23.9. The molecule has 0 bridgehead atoms. The molecule has 0 radical (unpaired) electrons. The predicted molar refractivity (Wildman–Crippen MR) is 162 cm³/mol. The largest absolute Gasteiger partial charge is 0.494 e. The van der Waals surface area contributed by atoms with Gasteiger partial charge < -0.3 is 34.0 Å². The Morgan fingerprint density at radius 2 is 1.23 bits per heavy atom. The lowest BCUT2D eigenvalue weighted by atomic mass is 10.1. The van der Waals surface area contributed by atoms with Crippen molar-refractivity contribution in [1.82, 2.24) is 29.9 Å². The Labute approximate surface area is 247 Å². The number of H-pyrrole nitrogens is 2. The third-order valence-electron chi connectivity index (χ3n) is 6.71. The average Bonchev–Trinajstić information content (AvgIpc) is 3.65. The number of aliphatic hydroxyl groups excluding tert-OH is 1. The zero-order chi connectivity index (χ0) is 29.6. The number of ether oxygens (including phenoxy) is 4. The SMILES string of the molecule is CCOc1ccc2[nH]c(-c3ccc(OCCOCCOc4ccc(-c5nc6cc(C(C)O)ccc6[nH]5)nc4)cn3)nc2c1. The Hall–Kier alpha value is -5.00. The molecular formula is C32H32N6O5. The number of imidazole rings is 2. The van der Waals surface area contributed by atoms with Crippen LogP contribution in [0, 0.1) is 0 Å². The standard InChI is InChI=1S/C32H32N6O5/c1-3-41-22-5-9-26-30(17-22)38-32(36-26)28-11-7-24(19-34-28)43-15-13-40-12-14-42-23-6-10-27(33-18-23)31-35-25-8-4-21(20(2)39)16-29(25)37-31/h4-11,16-20,39H,3,12-15H2,1-2H3,(H,35,37)(H,36,38). The lowest BCUT2D eigenvalue weighted by Crippen LogP contribution is -2.12. The van der Waals surface area contributed by atoms with E-state index in [2.05, 4.69) is 29.9 Å². The summed E-state index contributed by atoms with van der Waals surface area (Å²) >= 11 is 0. The van der Waals surface area contributed by atoms with Gasteiger partial charge >= 0.3 is 0 Å².